The zero-order valence-electron chi connectivity index (χ0n) is 12.6. The van der Waals surface area contributed by atoms with E-state index in [2.05, 4.69) is 12.3 Å². The fraction of sp³-hybridized carbons (Fsp3) is 0.750. The Hall–Kier alpha value is -0.800. The summed E-state index contributed by atoms with van der Waals surface area (Å²) in [6.45, 7) is 4.23. The van der Waals surface area contributed by atoms with Crippen LogP contribution in [0.2, 0.25) is 0 Å². The molecule has 1 unspecified atom stereocenters. The summed E-state index contributed by atoms with van der Waals surface area (Å²) in [5, 5.41) is 0. The molecular weight excluding hydrogens is 236 g/mol. The zero-order valence-corrected chi connectivity index (χ0v) is 12.6. The van der Waals surface area contributed by atoms with Crippen LogP contribution < -0.4 is 11.3 Å². The summed E-state index contributed by atoms with van der Waals surface area (Å²) in [7, 11) is 0. The largest absolute Gasteiger partial charge is 0.465 e. The lowest BCUT2D eigenvalue weighted by atomic mass is 10.0. The number of nitrogens with two attached hydrogens (primary N) is 1. The highest BCUT2D eigenvalue weighted by molar-refractivity contribution is 5.09. The summed E-state index contributed by atoms with van der Waals surface area (Å²) in [5.41, 5.74) is 2.86. The molecule has 1 heterocycles. The first-order valence-electron chi connectivity index (χ1n) is 7.80. The lowest BCUT2D eigenvalue weighted by molar-refractivity contribution is 0.379. The van der Waals surface area contributed by atoms with Crippen molar-refractivity contribution >= 4 is 0 Å². The molecule has 0 amide bonds. The highest BCUT2D eigenvalue weighted by atomic mass is 16.3. The molecule has 0 saturated heterocycles. The maximum atomic E-state index is 5.62. The maximum Gasteiger partial charge on any atom is 0.122 e. The summed E-state index contributed by atoms with van der Waals surface area (Å²) in [6.07, 6.45) is 11.8. The third kappa shape index (κ3) is 6.79. The van der Waals surface area contributed by atoms with Crippen molar-refractivity contribution in [2.24, 2.45) is 5.84 Å². The Bertz CT molecular complexity index is 322. The van der Waals surface area contributed by atoms with Gasteiger partial charge in [0.05, 0.1) is 6.04 Å². The summed E-state index contributed by atoms with van der Waals surface area (Å²) >= 11 is 0. The van der Waals surface area contributed by atoms with Crippen LogP contribution in [0.1, 0.15) is 82.3 Å². The van der Waals surface area contributed by atoms with Gasteiger partial charge < -0.3 is 4.42 Å². The standard InChI is InChI=1S/C16H30N2O/c1-3-4-5-6-7-8-9-10-11-15(18-17)16-13-12-14(2)19-16/h12-13,15,18H,3-11,17H2,1-2H3. The van der Waals surface area contributed by atoms with Crippen LogP contribution in [0.4, 0.5) is 0 Å². The molecule has 3 nitrogen and oxygen atoms in total. The molecule has 19 heavy (non-hydrogen) atoms. The van der Waals surface area contributed by atoms with Gasteiger partial charge in [0.25, 0.3) is 0 Å². The first kappa shape index (κ1) is 16.3. The van der Waals surface area contributed by atoms with E-state index < -0.39 is 0 Å². The average molecular weight is 266 g/mol. The van der Waals surface area contributed by atoms with Gasteiger partial charge in [-0.15, -0.1) is 0 Å². The molecule has 110 valence electrons. The van der Waals surface area contributed by atoms with E-state index in [9.17, 15) is 0 Å². The number of furan rings is 1. The van der Waals surface area contributed by atoms with Crippen molar-refractivity contribution in [3.05, 3.63) is 23.7 Å². The number of rotatable bonds is 11. The van der Waals surface area contributed by atoms with Crippen LogP contribution in [-0.4, -0.2) is 0 Å². The van der Waals surface area contributed by atoms with Gasteiger partial charge in [-0.3, -0.25) is 5.84 Å². The Morgan fingerprint density at radius 1 is 1.05 bits per heavy atom. The normalized spacial score (nSPS) is 12.8. The van der Waals surface area contributed by atoms with E-state index in [-0.39, 0.29) is 6.04 Å². The molecule has 0 bridgehead atoms. The molecule has 0 spiro atoms. The minimum atomic E-state index is 0.161. The second kappa shape index (κ2) is 10.0. The Morgan fingerprint density at radius 2 is 1.68 bits per heavy atom. The third-order valence-corrected chi connectivity index (χ3v) is 3.65. The van der Waals surface area contributed by atoms with Crippen molar-refractivity contribution in [3.8, 4) is 0 Å². The molecule has 1 aromatic heterocycles. The number of hydrogen-bond donors (Lipinski definition) is 2. The predicted octanol–water partition coefficient (Wildman–Crippen LogP) is 4.62. The number of nitrogens with one attached hydrogen (secondary N) is 1. The van der Waals surface area contributed by atoms with Crippen molar-refractivity contribution in [1.29, 1.82) is 0 Å². The van der Waals surface area contributed by atoms with Gasteiger partial charge in [0, 0.05) is 0 Å². The van der Waals surface area contributed by atoms with Gasteiger partial charge in [0.15, 0.2) is 0 Å². The van der Waals surface area contributed by atoms with E-state index in [1.54, 1.807) is 0 Å². The van der Waals surface area contributed by atoms with Crippen LogP contribution in [0.15, 0.2) is 16.5 Å². The molecule has 0 radical (unpaired) electrons. The quantitative estimate of drug-likeness (QED) is 0.349. The fourth-order valence-electron chi connectivity index (χ4n) is 2.43. The second-order valence-corrected chi connectivity index (χ2v) is 5.43. The number of unbranched alkanes of at least 4 members (excludes halogenated alkanes) is 7. The van der Waals surface area contributed by atoms with Gasteiger partial charge in [-0.05, 0) is 25.5 Å². The molecule has 0 aromatic carbocycles. The number of aryl methyl sites for hydroxylation is 1. The minimum Gasteiger partial charge on any atom is -0.465 e. The maximum absolute atomic E-state index is 5.62. The zero-order chi connectivity index (χ0) is 13.9. The van der Waals surface area contributed by atoms with E-state index in [0.29, 0.717) is 0 Å². The molecule has 1 aromatic rings. The molecule has 0 aliphatic heterocycles. The van der Waals surface area contributed by atoms with Crippen molar-refractivity contribution in [2.45, 2.75) is 77.7 Å². The third-order valence-electron chi connectivity index (χ3n) is 3.65. The molecule has 1 atom stereocenters. The SMILES string of the molecule is CCCCCCCCCCC(NN)c1ccc(C)o1. The minimum absolute atomic E-state index is 0.161. The van der Waals surface area contributed by atoms with Crippen LogP contribution in [0.3, 0.4) is 0 Å². The van der Waals surface area contributed by atoms with Gasteiger partial charge in [-0.2, -0.15) is 0 Å². The second-order valence-electron chi connectivity index (χ2n) is 5.43. The van der Waals surface area contributed by atoms with Gasteiger partial charge in [0.1, 0.15) is 11.5 Å². The molecule has 0 fully saturated rings. The van der Waals surface area contributed by atoms with Crippen LogP contribution in [0, 0.1) is 6.92 Å². The smallest absolute Gasteiger partial charge is 0.122 e. The van der Waals surface area contributed by atoms with Crippen LogP contribution in [0.25, 0.3) is 0 Å². The van der Waals surface area contributed by atoms with Gasteiger partial charge in [0.2, 0.25) is 0 Å². The molecule has 0 saturated carbocycles. The van der Waals surface area contributed by atoms with E-state index in [1.165, 1.54) is 51.4 Å². The molecule has 1 rings (SSSR count). The van der Waals surface area contributed by atoms with Crippen LogP contribution >= 0.6 is 0 Å². The van der Waals surface area contributed by atoms with Crippen molar-refractivity contribution in [3.63, 3.8) is 0 Å². The number of hydrazine groups is 1. The van der Waals surface area contributed by atoms with Gasteiger partial charge >= 0.3 is 0 Å². The highest BCUT2D eigenvalue weighted by Crippen LogP contribution is 2.21. The Labute approximate surface area is 117 Å². The van der Waals surface area contributed by atoms with E-state index in [4.69, 9.17) is 10.3 Å². The van der Waals surface area contributed by atoms with E-state index >= 15 is 0 Å². The molecule has 0 aliphatic rings. The summed E-state index contributed by atoms with van der Waals surface area (Å²) < 4.78 is 5.62. The summed E-state index contributed by atoms with van der Waals surface area (Å²) in [4.78, 5) is 0. The Kier molecular flexibility index (Phi) is 8.59. The Morgan fingerprint density at radius 3 is 2.21 bits per heavy atom. The monoisotopic (exact) mass is 266 g/mol. The van der Waals surface area contributed by atoms with Crippen LogP contribution in [-0.2, 0) is 0 Å². The van der Waals surface area contributed by atoms with Crippen molar-refractivity contribution in [1.82, 2.24) is 5.43 Å². The molecule has 3 heteroatoms. The fourth-order valence-corrected chi connectivity index (χ4v) is 2.43. The summed E-state index contributed by atoms with van der Waals surface area (Å²) in [5.74, 6) is 7.51. The lowest BCUT2D eigenvalue weighted by Crippen LogP contribution is -2.27. The molecule has 0 aliphatic carbocycles. The van der Waals surface area contributed by atoms with E-state index in [1.807, 2.05) is 19.1 Å². The van der Waals surface area contributed by atoms with E-state index in [0.717, 1.165) is 17.9 Å². The van der Waals surface area contributed by atoms with Crippen molar-refractivity contribution < 1.29 is 4.42 Å². The summed E-state index contributed by atoms with van der Waals surface area (Å²) in [6, 6.07) is 4.17. The van der Waals surface area contributed by atoms with Crippen LogP contribution in [0.5, 0.6) is 0 Å². The Balaban J connectivity index is 2.07. The van der Waals surface area contributed by atoms with Gasteiger partial charge in [-0.25, -0.2) is 5.43 Å². The van der Waals surface area contributed by atoms with Crippen molar-refractivity contribution in [2.75, 3.05) is 0 Å². The molecule has 3 N–H and O–H groups in total. The highest BCUT2D eigenvalue weighted by Gasteiger charge is 2.12. The van der Waals surface area contributed by atoms with Gasteiger partial charge in [-0.1, -0.05) is 58.3 Å². The topological polar surface area (TPSA) is 51.2 Å². The first-order chi connectivity index (χ1) is 9.27. The average Bonchev–Trinajstić information content (AvgIpc) is 2.83. The first-order valence-corrected chi connectivity index (χ1v) is 7.80. The lowest BCUT2D eigenvalue weighted by Gasteiger charge is -2.13. The number of hydrogen-bond acceptors (Lipinski definition) is 3. The predicted molar refractivity (Wildman–Crippen MR) is 80.7 cm³/mol. The molecular formula is C16H30N2O.